The summed E-state index contributed by atoms with van der Waals surface area (Å²) in [6, 6.07) is 8.40. The predicted molar refractivity (Wildman–Crippen MR) is 87.0 cm³/mol. The summed E-state index contributed by atoms with van der Waals surface area (Å²) in [5, 5.41) is 9.65. The van der Waals surface area contributed by atoms with Gasteiger partial charge in [-0.05, 0) is 31.7 Å². The molecule has 1 N–H and O–H groups in total. The number of amides is 1. The summed E-state index contributed by atoms with van der Waals surface area (Å²) in [7, 11) is 0. The molecule has 0 aliphatic carbocycles. The molecule has 0 radical (unpaired) electrons. The Hall–Kier alpha value is -1.39. The first kappa shape index (κ1) is 15.2. The second-order valence-electron chi connectivity index (χ2n) is 7.47. The molecule has 1 spiro atoms. The Morgan fingerprint density at radius 1 is 1.39 bits per heavy atom. The van der Waals surface area contributed by atoms with E-state index in [1.165, 1.54) is 11.1 Å². The number of aliphatic hydroxyl groups is 1. The van der Waals surface area contributed by atoms with Gasteiger partial charge in [-0.3, -0.25) is 4.79 Å². The van der Waals surface area contributed by atoms with Crippen molar-refractivity contribution in [1.82, 2.24) is 4.90 Å². The van der Waals surface area contributed by atoms with E-state index in [4.69, 9.17) is 4.74 Å². The van der Waals surface area contributed by atoms with E-state index in [-0.39, 0.29) is 30.1 Å². The van der Waals surface area contributed by atoms with Gasteiger partial charge in [0.2, 0.25) is 5.91 Å². The lowest BCUT2D eigenvalue weighted by Gasteiger charge is -2.27. The van der Waals surface area contributed by atoms with E-state index in [0.717, 1.165) is 32.4 Å². The van der Waals surface area contributed by atoms with Crippen LogP contribution in [0.1, 0.15) is 30.4 Å². The summed E-state index contributed by atoms with van der Waals surface area (Å²) in [5.41, 5.74) is 2.30. The minimum Gasteiger partial charge on any atom is -0.396 e. The van der Waals surface area contributed by atoms with Gasteiger partial charge in [0.25, 0.3) is 0 Å². The Kier molecular flexibility index (Phi) is 3.69. The Bertz CT molecular complexity index is 599. The van der Waals surface area contributed by atoms with Gasteiger partial charge in [-0.15, -0.1) is 0 Å². The number of ether oxygens (including phenoxy) is 1. The van der Waals surface area contributed by atoms with Crippen molar-refractivity contribution in [3.05, 3.63) is 35.4 Å². The maximum atomic E-state index is 12.6. The lowest BCUT2D eigenvalue weighted by molar-refractivity contribution is -0.131. The van der Waals surface area contributed by atoms with Gasteiger partial charge in [0.15, 0.2) is 0 Å². The number of aryl methyl sites for hydroxylation is 2. The number of carbonyl (C=O) groups excluding carboxylic acids is 1. The summed E-state index contributed by atoms with van der Waals surface area (Å²) in [4.78, 5) is 14.6. The number of rotatable bonds is 4. The second kappa shape index (κ2) is 5.60. The lowest BCUT2D eigenvalue weighted by atomic mass is 9.74. The van der Waals surface area contributed by atoms with Gasteiger partial charge >= 0.3 is 0 Å². The van der Waals surface area contributed by atoms with Crippen LogP contribution in [0.25, 0.3) is 0 Å². The number of benzene rings is 1. The van der Waals surface area contributed by atoms with Crippen molar-refractivity contribution in [1.29, 1.82) is 0 Å². The van der Waals surface area contributed by atoms with Gasteiger partial charge in [-0.2, -0.15) is 0 Å². The van der Waals surface area contributed by atoms with Crippen LogP contribution in [-0.4, -0.2) is 47.3 Å². The molecule has 1 aromatic rings. The zero-order chi connectivity index (χ0) is 16.0. The Labute approximate surface area is 137 Å². The molecule has 4 heteroatoms. The Balaban J connectivity index is 1.38. The molecule has 3 aliphatic rings. The van der Waals surface area contributed by atoms with E-state index in [1.807, 2.05) is 4.90 Å². The fourth-order valence-corrected chi connectivity index (χ4v) is 4.79. The number of hydrogen-bond acceptors (Lipinski definition) is 3. The van der Waals surface area contributed by atoms with Gasteiger partial charge < -0.3 is 14.7 Å². The van der Waals surface area contributed by atoms with Crippen molar-refractivity contribution in [2.45, 2.75) is 44.3 Å². The first-order chi connectivity index (χ1) is 11.1. The highest BCUT2D eigenvalue weighted by Gasteiger charge is 2.63. The molecule has 124 valence electrons. The summed E-state index contributed by atoms with van der Waals surface area (Å²) < 4.78 is 6.19. The molecule has 4 nitrogen and oxygen atoms in total. The molecular weight excluding hydrogens is 290 g/mol. The third-order valence-electron chi connectivity index (χ3n) is 6.10. The second-order valence-corrected chi connectivity index (χ2v) is 7.47. The maximum Gasteiger partial charge on any atom is 0.223 e. The number of fused-ring (bicyclic) bond motifs is 1. The van der Waals surface area contributed by atoms with E-state index < -0.39 is 0 Å². The van der Waals surface area contributed by atoms with Crippen LogP contribution in [0.2, 0.25) is 0 Å². The summed E-state index contributed by atoms with van der Waals surface area (Å²) >= 11 is 0. The Morgan fingerprint density at radius 2 is 2.17 bits per heavy atom. The Morgan fingerprint density at radius 3 is 2.91 bits per heavy atom. The summed E-state index contributed by atoms with van der Waals surface area (Å²) in [6.07, 6.45) is 3.64. The van der Waals surface area contributed by atoms with E-state index in [0.29, 0.717) is 12.3 Å². The third-order valence-corrected chi connectivity index (χ3v) is 6.10. The molecule has 3 fully saturated rings. The van der Waals surface area contributed by atoms with Crippen LogP contribution in [-0.2, 0) is 16.0 Å². The molecule has 0 saturated carbocycles. The van der Waals surface area contributed by atoms with E-state index >= 15 is 0 Å². The fraction of sp³-hybridized carbons (Fsp3) is 0.632. The first-order valence-corrected chi connectivity index (χ1v) is 8.73. The van der Waals surface area contributed by atoms with Crippen LogP contribution < -0.4 is 0 Å². The topological polar surface area (TPSA) is 49.8 Å². The van der Waals surface area contributed by atoms with E-state index in [2.05, 4.69) is 31.2 Å². The van der Waals surface area contributed by atoms with Gasteiger partial charge in [-0.1, -0.05) is 29.8 Å². The molecule has 3 heterocycles. The minimum absolute atomic E-state index is 0.155. The maximum absolute atomic E-state index is 12.6. The fourth-order valence-electron chi connectivity index (χ4n) is 4.79. The van der Waals surface area contributed by atoms with Crippen molar-refractivity contribution in [2.24, 2.45) is 11.8 Å². The van der Waals surface area contributed by atoms with Gasteiger partial charge in [-0.25, -0.2) is 0 Å². The van der Waals surface area contributed by atoms with Crippen molar-refractivity contribution < 1.29 is 14.6 Å². The van der Waals surface area contributed by atoms with Crippen molar-refractivity contribution >= 4 is 5.91 Å². The number of nitrogens with zero attached hydrogens (tertiary/aromatic N) is 1. The summed E-state index contributed by atoms with van der Waals surface area (Å²) in [6.45, 7) is 3.73. The molecule has 0 aromatic heterocycles. The SMILES string of the molecule is Cc1ccc(CCC(=O)N2C[C@@H]3[C@H](CO)[C@H]4CC[C@]3(C2)O4)cc1. The van der Waals surface area contributed by atoms with Crippen LogP contribution >= 0.6 is 0 Å². The zero-order valence-corrected chi connectivity index (χ0v) is 13.7. The number of likely N-dealkylation sites (tertiary alicyclic amines) is 1. The van der Waals surface area contributed by atoms with Crippen molar-refractivity contribution in [2.75, 3.05) is 19.7 Å². The van der Waals surface area contributed by atoms with Crippen molar-refractivity contribution in [3.8, 4) is 0 Å². The van der Waals surface area contributed by atoms with Crippen LogP contribution in [0.5, 0.6) is 0 Å². The molecule has 1 amide bonds. The highest BCUT2D eigenvalue weighted by atomic mass is 16.5. The quantitative estimate of drug-likeness (QED) is 0.923. The third kappa shape index (κ3) is 2.48. The molecule has 4 atom stereocenters. The lowest BCUT2D eigenvalue weighted by Crippen LogP contribution is -2.38. The standard InChI is InChI=1S/C19H25NO3/c1-13-2-4-14(5-3-13)6-7-18(22)20-10-16-15(11-21)17-8-9-19(16,12-20)23-17/h2-5,15-17,21H,6-12H2,1H3/t15-,16+,17+,19+/m0/s1. The molecule has 23 heavy (non-hydrogen) atoms. The highest BCUT2D eigenvalue weighted by molar-refractivity contribution is 5.77. The number of aliphatic hydroxyl groups excluding tert-OH is 1. The van der Waals surface area contributed by atoms with Crippen molar-refractivity contribution in [3.63, 3.8) is 0 Å². The predicted octanol–water partition coefficient (Wildman–Crippen LogP) is 1.93. The first-order valence-electron chi connectivity index (χ1n) is 8.73. The van der Waals surface area contributed by atoms with Crippen LogP contribution in [0.15, 0.2) is 24.3 Å². The van der Waals surface area contributed by atoms with Crippen LogP contribution in [0.3, 0.4) is 0 Å². The smallest absolute Gasteiger partial charge is 0.223 e. The minimum atomic E-state index is -0.155. The summed E-state index contributed by atoms with van der Waals surface area (Å²) in [5.74, 6) is 0.770. The monoisotopic (exact) mass is 315 g/mol. The van der Waals surface area contributed by atoms with Crippen LogP contribution in [0.4, 0.5) is 0 Å². The van der Waals surface area contributed by atoms with Crippen LogP contribution in [0, 0.1) is 18.8 Å². The molecule has 3 aliphatic heterocycles. The normalized spacial score (nSPS) is 34.9. The van der Waals surface area contributed by atoms with Gasteiger partial charge in [0.1, 0.15) is 0 Å². The largest absolute Gasteiger partial charge is 0.396 e. The molecule has 3 saturated heterocycles. The van der Waals surface area contributed by atoms with E-state index in [9.17, 15) is 9.90 Å². The van der Waals surface area contributed by atoms with Gasteiger partial charge in [0.05, 0.1) is 18.2 Å². The average molecular weight is 315 g/mol. The molecule has 0 unspecified atom stereocenters. The average Bonchev–Trinajstić information content (AvgIpc) is 3.21. The molecule has 1 aromatic carbocycles. The highest BCUT2D eigenvalue weighted by Crippen LogP contribution is 2.54. The number of hydrogen-bond donors (Lipinski definition) is 1. The van der Waals surface area contributed by atoms with Gasteiger partial charge in [0, 0.05) is 31.4 Å². The molecule has 2 bridgehead atoms. The van der Waals surface area contributed by atoms with E-state index in [1.54, 1.807) is 0 Å². The molecular formula is C19H25NO3. The zero-order valence-electron chi connectivity index (χ0n) is 13.7. The molecule has 4 rings (SSSR count). The number of carbonyl (C=O) groups is 1.